The normalized spacial score (nSPS) is 13.0. The monoisotopic (exact) mass is 222 g/mol. The average Bonchev–Trinajstić information content (AvgIpc) is 2.16. The van der Waals surface area contributed by atoms with Gasteiger partial charge in [-0.2, -0.15) is 0 Å². The molecular weight excluding hydrogens is 204 g/mol. The Morgan fingerprint density at radius 3 is 2.50 bits per heavy atom. The predicted molar refractivity (Wildman–Crippen MR) is 68.6 cm³/mol. The summed E-state index contributed by atoms with van der Waals surface area (Å²) < 4.78 is 5.79. The molecule has 0 aliphatic carbocycles. The summed E-state index contributed by atoms with van der Waals surface area (Å²) in [4.78, 5) is 0. The Bertz CT molecular complexity index is 293. The molecule has 0 amide bonds. The zero-order valence-electron chi connectivity index (χ0n) is 9.16. The van der Waals surface area contributed by atoms with Crippen molar-refractivity contribution in [3.63, 3.8) is 0 Å². The molecule has 14 heavy (non-hydrogen) atoms. The first kappa shape index (κ1) is 11.4. The van der Waals surface area contributed by atoms with Crippen LogP contribution in [0.1, 0.15) is 12.5 Å². The van der Waals surface area contributed by atoms with Gasteiger partial charge in [-0.05, 0) is 25.6 Å². The Hall–Kier alpha value is -0.646. The molecule has 0 bridgehead atoms. The molecule has 0 aliphatic rings. The van der Waals surface area contributed by atoms with Crippen LogP contribution in [0.4, 0.5) is 0 Å². The Kier molecular flexibility index (Phi) is 4.86. The molecule has 0 saturated carbocycles. The van der Waals surface area contributed by atoms with Gasteiger partial charge in [-0.1, -0.05) is 41.6 Å². The lowest BCUT2D eigenvalue weighted by molar-refractivity contribution is 0.631. The van der Waals surface area contributed by atoms with E-state index in [0.717, 1.165) is 0 Å². The van der Waals surface area contributed by atoms with E-state index < -0.39 is 18.8 Å². The summed E-state index contributed by atoms with van der Waals surface area (Å²) in [5, 5.41) is 1.43. The molecule has 1 rings (SSSR count). The van der Waals surface area contributed by atoms with Crippen molar-refractivity contribution in [3.8, 4) is 0 Å². The fraction of sp³-hybridized carbons (Fsp3) is 0.273. The molecular formula is C11H18OSi2. The maximum Gasteiger partial charge on any atom is 0.174 e. The molecule has 0 N–H and O–H groups in total. The molecule has 76 valence electrons. The Morgan fingerprint density at radius 2 is 1.93 bits per heavy atom. The van der Waals surface area contributed by atoms with Crippen molar-refractivity contribution in [2.45, 2.75) is 20.0 Å². The minimum atomic E-state index is -0.814. The fourth-order valence-electron chi connectivity index (χ4n) is 1.17. The number of hydrogen-bond donors (Lipinski definition) is 0. The van der Waals surface area contributed by atoms with Crippen molar-refractivity contribution < 1.29 is 4.12 Å². The van der Waals surface area contributed by atoms with Gasteiger partial charge in [0.15, 0.2) is 18.8 Å². The van der Waals surface area contributed by atoms with Crippen LogP contribution in [0.3, 0.4) is 0 Å². The molecule has 0 atom stereocenters. The Morgan fingerprint density at radius 1 is 1.29 bits per heavy atom. The molecule has 0 aliphatic heterocycles. The molecule has 0 heterocycles. The van der Waals surface area contributed by atoms with Gasteiger partial charge in [0, 0.05) is 0 Å². The van der Waals surface area contributed by atoms with E-state index in [2.05, 4.69) is 50.4 Å². The second-order valence-electron chi connectivity index (χ2n) is 3.76. The van der Waals surface area contributed by atoms with Crippen molar-refractivity contribution in [1.29, 1.82) is 0 Å². The van der Waals surface area contributed by atoms with Gasteiger partial charge in [-0.15, -0.1) is 0 Å². The van der Waals surface area contributed by atoms with E-state index in [9.17, 15) is 0 Å². The second-order valence-corrected chi connectivity index (χ2v) is 8.60. The highest BCUT2D eigenvalue weighted by molar-refractivity contribution is 6.58. The van der Waals surface area contributed by atoms with Crippen molar-refractivity contribution in [2.24, 2.45) is 0 Å². The summed E-state index contributed by atoms with van der Waals surface area (Å²) >= 11 is 0. The molecule has 0 saturated heterocycles. The first-order valence-electron chi connectivity index (χ1n) is 5.02. The summed E-state index contributed by atoms with van der Waals surface area (Å²) in [6.07, 6.45) is 2.24. The van der Waals surface area contributed by atoms with Gasteiger partial charge in [-0.25, -0.2) is 0 Å². The second kappa shape index (κ2) is 5.95. The lowest BCUT2D eigenvalue weighted by Crippen LogP contribution is -2.12. The van der Waals surface area contributed by atoms with E-state index in [4.69, 9.17) is 4.12 Å². The SMILES string of the molecule is CC(=Cc1ccccc1)[SiH2]O[SiH](C)C. The van der Waals surface area contributed by atoms with Gasteiger partial charge >= 0.3 is 0 Å². The lowest BCUT2D eigenvalue weighted by atomic mass is 10.2. The van der Waals surface area contributed by atoms with Gasteiger partial charge in [-0.3, -0.25) is 0 Å². The minimum absolute atomic E-state index is 0.433. The maximum atomic E-state index is 5.79. The van der Waals surface area contributed by atoms with Crippen molar-refractivity contribution >= 4 is 24.9 Å². The largest absolute Gasteiger partial charge is 0.459 e. The number of allylic oxidation sites excluding steroid dienone is 1. The third-order valence-corrected chi connectivity index (χ3v) is 5.85. The third-order valence-electron chi connectivity index (χ3n) is 1.86. The summed E-state index contributed by atoms with van der Waals surface area (Å²) in [6, 6.07) is 10.4. The average molecular weight is 222 g/mol. The molecule has 0 unspecified atom stereocenters. The molecule has 0 fully saturated rings. The van der Waals surface area contributed by atoms with Crippen LogP contribution in [0.2, 0.25) is 13.1 Å². The highest BCUT2D eigenvalue weighted by Crippen LogP contribution is 2.05. The topological polar surface area (TPSA) is 9.23 Å². The van der Waals surface area contributed by atoms with Crippen LogP contribution in [0.25, 0.3) is 6.08 Å². The lowest BCUT2D eigenvalue weighted by Gasteiger charge is -2.06. The number of rotatable bonds is 4. The smallest absolute Gasteiger partial charge is 0.174 e. The molecule has 1 aromatic rings. The molecule has 1 nitrogen and oxygen atoms in total. The fourth-order valence-corrected chi connectivity index (χ4v) is 3.88. The van der Waals surface area contributed by atoms with Crippen LogP contribution in [0, 0.1) is 0 Å². The van der Waals surface area contributed by atoms with Gasteiger partial charge in [0.1, 0.15) is 0 Å². The molecule has 0 spiro atoms. The summed E-state index contributed by atoms with van der Waals surface area (Å²) in [5.74, 6) is 0. The van der Waals surface area contributed by atoms with E-state index in [1.165, 1.54) is 10.8 Å². The number of hydrogen-bond acceptors (Lipinski definition) is 1. The summed E-state index contributed by atoms with van der Waals surface area (Å²) in [7, 11) is -1.25. The third kappa shape index (κ3) is 4.55. The zero-order valence-corrected chi connectivity index (χ0v) is 11.7. The quantitative estimate of drug-likeness (QED) is 0.709. The zero-order chi connectivity index (χ0) is 10.4. The van der Waals surface area contributed by atoms with Crippen LogP contribution in [0.15, 0.2) is 35.5 Å². The molecule has 3 heteroatoms. The summed E-state index contributed by atoms with van der Waals surface area (Å²) in [5.41, 5.74) is 1.28. The van der Waals surface area contributed by atoms with Crippen molar-refractivity contribution in [2.75, 3.05) is 0 Å². The molecule has 1 aromatic carbocycles. The minimum Gasteiger partial charge on any atom is -0.459 e. The van der Waals surface area contributed by atoms with Gasteiger partial charge in [0.05, 0.1) is 0 Å². The van der Waals surface area contributed by atoms with Crippen LogP contribution in [0.5, 0.6) is 0 Å². The number of benzene rings is 1. The van der Waals surface area contributed by atoms with Gasteiger partial charge in [0.2, 0.25) is 0 Å². The van der Waals surface area contributed by atoms with Crippen LogP contribution >= 0.6 is 0 Å². The standard InChI is InChI=1S/C11H18OSi2/c1-10(13-12-14(2)3)9-11-7-5-4-6-8-11/h4-9,14H,13H2,1-3H3. The van der Waals surface area contributed by atoms with E-state index in [-0.39, 0.29) is 0 Å². The highest BCUT2D eigenvalue weighted by Gasteiger charge is 1.97. The van der Waals surface area contributed by atoms with Gasteiger partial charge in [0.25, 0.3) is 0 Å². The maximum absolute atomic E-state index is 5.79. The highest BCUT2D eigenvalue weighted by atomic mass is 28.3. The van der Waals surface area contributed by atoms with Gasteiger partial charge < -0.3 is 4.12 Å². The van der Waals surface area contributed by atoms with E-state index in [1.54, 1.807) is 0 Å². The van der Waals surface area contributed by atoms with E-state index in [1.807, 2.05) is 6.07 Å². The first-order valence-corrected chi connectivity index (χ1v) is 9.09. The Labute approximate surface area is 90.5 Å². The van der Waals surface area contributed by atoms with Crippen LogP contribution < -0.4 is 0 Å². The van der Waals surface area contributed by atoms with Crippen molar-refractivity contribution in [1.82, 2.24) is 0 Å². The molecule has 0 aromatic heterocycles. The Balaban J connectivity index is 2.52. The van der Waals surface area contributed by atoms with Crippen LogP contribution in [-0.4, -0.2) is 18.8 Å². The van der Waals surface area contributed by atoms with Crippen LogP contribution in [-0.2, 0) is 4.12 Å². The van der Waals surface area contributed by atoms with E-state index in [0.29, 0.717) is 0 Å². The van der Waals surface area contributed by atoms with Crippen molar-refractivity contribution in [3.05, 3.63) is 41.1 Å². The van der Waals surface area contributed by atoms with E-state index >= 15 is 0 Å². The molecule has 0 radical (unpaired) electrons. The first-order chi connectivity index (χ1) is 6.68. The predicted octanol–water partition coefficient (Wildman–Crippen LogP) is 2.13. The summed E-state index contributed by atoms with van der Waals surface area (Å²) in [6.45, 7) is 6.63.